The number of anilines is 1. The summed E-state index contributed by atoms with van der Waals surface area (Å²) >= 11 is 0. The van der Waals surface area contributed by atoms with Gasteiger partial charge in [-0.05, 0) is 30.0 Å². The second kappa shape index (κ2) is 9.33. The Balaban J connectivity index is 2.70. The first-order valence-electron chi connectivity index (χ1n) is 8.62. The van der Waals surface area contributed by atoms with Crippen LogP contribution >= 0.6 is 0 Å². The minimum absolute atomic E-state index is 0.0277. The summed E-state index contributed by atoms with van der Waals surface area (Å²) in [5.41, 5.74) is 1.85. The highest BCUT2D eigenvalue weighted by Crippen LogP contribution is 2.23. The van der Waals surface area contributed by atoms with Crippen LogP contribution in [0.2, 0.25) is 0 Å². The lowest BCUT2D eigenvalue weighted by Gasteiger charge is -2.25. The van der Waals surface area contributed by atoms with Gasteiger partial charge in [0.15, 0.2) is 0 Å². The SMILES string of the molecule is CC(=O)NCCN(CC(=O)Nc1ccc(C(C)(C)C)cc1)C(C)C(=O)O. The molecule has 0 aliphatic heterocycles. The molecule has 0 bridgehead atoms. The van der Waals surface area contributed by atoms with E-state index in [9.17, 15) is 19.5 Å². The van der Waals surface area contributed by atoms with E-state index in [2.05, 4.69) is 31.4 Å². The maximum atomic E-state index is 12.3. The van der Waals surface area contributed by atoms with E-state index in [1.54, 1.807) is 0 Å². The summed E-state index contributed by atoms with van der Waals surface area (Å²) in [6, 6.07) is 6.76. The van der Waals surface area contributed by atoms with Crippen LogP contribution in [0.4, 0.5) is 5.69 Å². The Hall–Kier alpha value is -2.41. The van der Waals surface area contributed by atoms with Crippen LogP contribution in [0.5, 0.6) is 0 Å². The lowest BCUT2D eigenvalue weighted by molar-refractivity contribution is -0.142. The predicted octanol–water partition coefficient (Wildman–Crippen LogP) is 1.83. The lowest BCUT2D eigenvalue weighted by atomic mass is 9.87. The smallest absolute Gasteiger partial charge is 0.320 e. The van der Waals surface area contributed by atoms with Crippen LogP contribution in [0.1, 0.15) is 40.2 Å². The summed E-state index contributed by atoms with van der Waals surface area (Å²) in [5.74, 6) is -1.52. The van der Waals surface area contributed by atoms with Crippen molar-refractivity contribution in [3.05, 3.63) is 29.8 Å². The van der Waals surface area contributed by atoms with Gasteiger partial charge in [0.2, 0.25) is 11.8 Å². The van der Waals surface area contributed by atoms with E-state index in [4.69, 9.17) is 0 Å². The second-order valence-electron chi connectivity index (χ2n) is 7.34. The molecular weight excluding hydrogens is 334 g/mol. The van der Waals surface area contributed by atoms with Crippen molar-refractivity contribution in [3.63, 3.8) is 0 Å². The number of nitrogens with one attached hydrogen (secondary N) is 2. The average molecular weight is 363 g/mol. The predicted molar refractivity (Wildman–Crippen MR) is 101 cm³/mol. The Morgan fingerprint density at radius 3 is 2.19 bits per heavy atom. The number of nitrogens with zero attached hydrogens (tertiary/aromatic N) is 1. The van der Waals surface area contributed by atoms with Crippen molar-refractivity contribution in [1.82, 2.24) is 10.2 Å². The molecule has 144 valence electrons. The molecule has 7 heteroatoms. The van der Waals surface area contributed by atoms with Crippen molar-refractivity contribution in [3.8, 4) is 0 Å². The molecule has 0 fully saturated rings. The highest BCUT2D eigenvalue weighted by Gasteiger charge is 2.23. The maximum Gasteiger partial charge on any atom is 0.320 e. The molecule has 0 saturated carbocycles. The van der Waals surface area contributed by atoms with Crippen LogP contribution in [0.3, 0.4) is 0 Å². The maximum absolute atomic E-state index is 12.3. The number of aliphatic carboxylic acids is 1. The Morgan fingerprint density at radius 2 is 1.73 bits per heavy atom. The molecule has 2 amide bonds. The van der Waals surface area contributed by atoms with Crippen molar-refractivity contribution in [2.45, 2.75) is 46.1 Å². The summed E-state index contributed by atoms with van der Waals surface area (Å²) in [4.78, 5) is 36.0. The average Bonchev–Trinajstić information content (AvgIpc) is 2.52. The molecule has 0 aliphatic rings. The minimum atomic E-state index is -1.02. The highest BCUT2D eigenvalue weighted by molar-refractivity contribution is 5.92. The van der Waals surface area contributed by atoms with Gasteiger partial charge in [0.05, 0.1) is 6.54 Å². The van der Waals surface area contributed by atoms with Crippen LogP contribution in [-0.4, -0.2) is 53.5 Å². The number of amides is 2. The van der Waals surface area contributed by atoms with Crippen molar-refractivity contribution < 1.29 is 19.5 Å². The fourth-order valence-electron chi connectivity index (χ4n) is 2.38. The Kier molecular flexibility index (Phi) is 7.76. The number of carboxylic acid groups (broad SMARTS) is 1. The zero-order chi connectivity index (χ0) is 19.9. The van der Waals surface area contributed by atoms with Crippen LogP contribution in [-0.2, 0) is 19.8 Å². The monoisotopic (exact) mass is 363 g/mol. The Labute approximate surface area is 154 Å². The summed E-state index contributed by atoms with van der Waals surface area (Å²) < 4.78 is 0. The summed E-state index contributed by atoms with van der Waals surface area (Å²) in [6.07, 6.45) is 0. The van der Waals surface area contributed by atoms with Crippen LogP contribution in [0.15, 0.2) is 24.3 Å². The molecule has 1 atom stereocenters. The molecule has 0 aliphatic carbocycles. The first kappa shape index (κ1) is 21.6. The Morgan fingerprint density at radius 1 is 1.15 bits per heavy atom. The van der Waals surface area contributed by atoms with E-state index in [1.165, 1.54) is 18.7 Å². The molecule has 1 aromatic carbocycles. The molecule has 0 saturated heterocycles. The van der Waals surface area contributed by atoms with Crippen LogP contribution in [0, 0.1) is 0 Å². The molecule has 7 nitrogen and oxygen atoms in total. The number of hydrogen-bond acceptors (Lipinski definition) is 4. The van der Waals surface area contributed by atoms with Crippen molar-refractivity contribution in [1.29, 1.82) is 0 Å². The van der Waals surface area contributed by atoms with Gasteiger partial charge in [-0.3, -0.25) is 19.3 Å². The summed E-state index contributed by atoms with van der Waals surface area (Å²) in [6.45, 7) is 9.71. The van der Waals surface area contributed by atoms with Gasteiger partial charge in [0.25, 0.3) is 0 Å². The van der Waals surface area contributed by atoms with E-state index < -0.39 is 12.0 Å². The number of carboxylic acids is 1. The van der Waals surface area contributed by atoms with Crippen molar-refractivity contribution in [2.24, 2.45) is 0 Å². The number of rotatable bonds is 8. The Bertz CT molecular complexity index is 635. The highest BCUT2D eigenvalue weighted by atomic mass is 16.4. The van der Waals surface area contributed by atoms with Crippen molar-refractivity contribution >= 4 is 23.5 Å². The number of benzene rings is 1. The van der Waals surface area contributed by atoms with E-state index in [1.807, 2.05) is 24.3 Å². The molecule has 1 rings (SSSR count). The molecule has 0 aromatic heterocycles. The first-order valence-corrected chi connectivity index (χ1v) is 8.62. The molecule has 1 aromatic rings. The molecule has 3 N–H and O–H groups in total. The zero-order valence-corrected chi connectivity index (χ0v) is 16.1. The molecule has 26 heavy (non-hydrogen) atoms. The standard InChI is InChI=1S/C19H29N3O4/c1-13(18(25)26)22(11-10-20-14(2)23)12-17(24)21-16-8-6-15(7-9-16)19(3,4)5/h6-9,13H,10-12H2,1-5H3,(H,20,23)(H,21,24)(H,25,26). The molecule has 0 spiro atoms. The summed E-state index contributed by atoms with van der Waals surface area (Å²) in [7, 11) is 0. The number of carbonyl (C=O) groups is 3. The number of carbonyl (C=O) groups excluding carboxylic acids is 2. The quantitative estimate of drug-likeness (QED) is 0.654. The molecule has 0 radical (unpaired) electrons. The van der Waals surface area contributed by atoms with Gasteiger partial charge in [-0.25, -0.2) is 0 Å². The van der Waals surface area contributed by atoms with E-state index in [0.29, 0.717) is 5.69 Å². The lowest BCUT2D eigenvalue weighted by Crippen LogP contribution is -2.46. The van der Waals surface area contributed by atoms with Gasteiger partial charge in [0, 0.05) is 25.7 Å². The van der Waals surface area contributed by atoms with E-state index >= 15 is 0 Å². The third kappa shape index (κ3) is 7.23. The molecule has 0 heterocycles. The molecular formula is C19H29N3O4. The van der Waals surface area contributed by atoms with Gasteiger partial charge in [0.1, 0.15) is 6.04 Å². The number of hydrogen-bond donors (Lipinski definition) is 3. The van der Waals surface area contributed by atoms with Gasteiger partial charge >= 0.3 is 5.97 Å². The third-order valence-corrected chi connectivity index (χ3v) is 4.06. The van der Waals surface area contributed by atoms with Crippen LogP contribution in [0.25, 0.3) is 0 Å². The fraction of sp³-hybridized carbons (Fsp3) is 0.526. The van der Waals surface area contributed by atoms with Gasteiger partial charge in [-0.1, -0.05) is 32.9 Å². The minimum Gasteiger partial charge on any atom is -0.480 e. The van der Waals surface area contributed by atoms with E-state index in [0.717, 1.165) is 5.56 Å². The third-order valence-electron chi connectivity index (χ3n) is 4.06. The first-order chi connectivity index (χ1) is 12.0. The summed E-state index contributed by atoms with van der Waals surface area (Å²) in [5, 5.41) is 14.6. The van der Waals surface area contributed by atoms with Gasteiger partial charge in [-0.15, -0.1) is 0 Å². The van der Waals surface area contributed by atoms with Gasteiger partial charge < -0.3 is 15.7 Å². The normalized spacial score (nSPS) is 12.5. The van der Waals surface area contributed by atoms with Crippen LogP contribution < -0.4 is 10.6 Å². The largest absolute Gasteiger partial charge is 0.480 e. The fourth-order valence-corrected chi connectivity index (χ4v) is 2.38. The topological polar surface area (TPSA) is 98.7 Å². The second-order valence-corrected chi connectivity index (χ2v) is 7.34. The molecule has 1 unspecified atom stereocenters. The van der Waals surface area contributed by atoms with Gasteiger partial charge in [-0.2, -0.15) is 0 Å². The van der Waals surface area contributed by atoms with Crippen molar-refractivity contribution in [2.75, 3.05) is 25.0 Å². The zero-order valence-electron chi connectivity index (χ0n) is 16.1. The van der Waals surface area contributed by atoms with E-state index in [-0.39, 0.29) is 36.9 Å².